The molecule has 0 amide bonds. The Hall–Kier alpha value is -1.44. The van der Waals surface area contributed by atoms with E-state index in [1.165, 1.54) is 22.3 Å². The fourth-order valence-corrected chi connectivity index (χ4v) is 3.67. The van der Waals surface area contributed by atoms with Crippen LogP contribution in [0.25, 0.3) is 10.8 Å². The Kier molecular flexibility index (Phi) is 1.42. The first-order valence-electron chi connectivity index (χ1n) is 6.07. The molecular weight excluding hydrogens is 200 g/mol. The van der Waals surface area contributed by atoms with Crippen molar-refractivity contribution in [3.8, 4) is 0 Å². The summed E-state index contributed by atoms with van der Waals surface area (Å²) in [6.45, 7) is 0. The van der Waals surface area contributed by atoms with Gasteiger partial charge in [0, 0.05) is 10.8 Å². The molecule has 2 aromatic carbocycles. The summed E-state index contributed by atoms with van der Waals surface area (Å²) in [5, 5.41) is 1.61. The van der Waals surface area contributed by atoms with Crippen LogP contribution >= 0.6 is 0 Å². The molecule has 2 heteroatoms. The van der Waals surface area contributed by atoms with Gasteiger partial charge in [-0.25, -0.2) is 0 Å². The van der Waals surface area contributed by atoms with E-state index < -0.39 is 0 Å². The molecule has 2 nitrogen and oxygen atoms in total. The van der Waals surface area contributed by atoms with Gasteiger partial charge in [0.05, 0.1) is 0 Å². The lowest BCUT2D eigenvalue weighted by atomic mass is 9.88. The molecule has 0 aromatic heterocycles. The quantitative estimate of drug-likeness (QED) is 0.619. The van der Waals surface area contributed by atoms with Gasteiger partial charge in [-0.3, -0.25) is 9.59 Å². The minimum atomic E-state index is -0.220. The lowest BCUT2D eigenvalue weighted by molar-refractivity contribution is 0.889. The molecule has 2 aliphatic rings. The molecule has 0 bridgehead atoms. The van der Waals surface area contributed by atoms with Crippen LogP contribution in [0.1, 0.15) is 35.1 Å². The lowest BCUT2D eigenvalue weighted by Crippen LogP contribution is -2.33. The van der Waals surface area contributed by atoms with Crippen LogP contribution < -0.4 is 10.9 Å². The largest absolute Gasteiger partial charge is 0.285 e. The second-order valence-electron chi connectivity index (χ2n) is 5.03. The average Bonchev–Trinajstić information content (AvgIpc) is 2.92. The van der Waals surface area contributed by atoms with Crippen LogP contribution in [0.4, 0.5) is 0 Å². The number of fused-ring (bicyclic) bond motifs is 6. The third kappa shape index (κ3) is 0.774. The topological polar surface area (TPSA) is 34.1 Å². The molecule has 4 rings (SSSR count). The monoisotopic (exact) mass is 212 g/mol. The summed E-state index contributed by atoms with van der Waals surface area (Å²) < 4.78 is 0. The van der Waals surface area contributed by atoms with Gasteiger partial charge in [0.2, 0.25) is 10.9 Å². The van der Waals surface area contributed by atoms with Gasteiger partial charge >= 0.3 is 0 Å². The number of aryl methyl sites for hydroxylation is 2. The standard InChI is InChI=1S/C14H12O2/c15-13-11-9-5-1-3-7(9)8-4-2-6-10(8)12(11)14(13)16/h1-6H2. The van der Waals surface area contributed by atoms with Crippen molar-refractivity contribution >= 4 is 10.8 Å². The summed E-state index contributed by atoms with van der Waals surface area (Å²) >= 11 is 0. The highest BCUT2D eigenvalue weighted by molar-refractivity contribution is 5.96. The van der Waals surface area contributed by atoms with Crippen LogP contribution in [0.2, 0.25) is 0 Å². The van der Waals surface area contributed by atoms with Gasteiger partial charge < -0.3 is 0 Å². The molecule has 0 fully saturated rings. The average molecular weight is 212 g/mol. The Balaban J connectivity index is 2.27. The molecule has 0 heterocycles. The minimum absolute atomic E-state index is 0.220. The van der Waals surface area contributed by atoms with E-state index in [9.17, 15) is 9.59 Å². The van der Waals surface area contributed by atoms with Crippen molar-refractivity contribution in [2.45, 2.75) is 38.5 Å². The molecule has 2 aromatic rings. The highest BCUT2D eigenvalue weighted by atomic mass is 16.2. The van der Waals surface area contributed by atoms with Gasteiger partial charge in [0.1, 0.15) is 0 Å². The summed E-state index contributed by atoms with van der Waals surface area (Å²) in [6, 6.07) is 0. The summed E-state index contributed by atoms with van der Waals surface area (Å²) in [4.78, 5) is 23.3. The maximum Gasteiger partial charge on any atom is 0.234 e. The van der Waals surface area contributed by atoms with Crippen LogP contribution in [-0.2, 0) is 25.7 Å². The van der Waals surface area contributed by atoms with E-state index in [1.54, 1.807) is 0 Å². The smallest absolute Gasteiger partial charge is 0.234 e. The zero-order chi connectivity index (χ0) is 10.9. The molecule has 0 aliphatic heterocycles. The zero-order valence-corrected chi connectivity index (χ0v) is 9.06. The first-order chi connectivity index (χ1) is 7.79. The van der Waals surface area contributed by atoms with Crippen molar-refractivity contribution < 1.29 is 0 Å². The van der Waals surface area contributed by atoms with Crippen LogP contribution in [-0.4, -0.2) is 0 Å². The van der Waals surface area contributed by atoms with E-state index in [0.717, 1.165) is 49.3 Å². The lowest BCUT2D eigenvalue weighted by Gasteiger charge is -2.13. The van der Waals surface area contributed by atoms with Gasteiger partial charge in [-0.05, 0) is 60.8 Å². The Morgan fingerprint density at radius 3 is 1.38 bits per heavy atom. The SMILES string of the molecule is O=c1c(=O)c2c3c(c4c(c12)CCC4)CCC3. The molecule has 80 valence electrons. The number of benzene rings is 1. The Labute approximate surface area is 92.6 Å². The molecule has 0 spiro atoms. The summed E-state index contributed by atoms with van der Waals surface area (Å²) in [5.74, 6) is 0. The molecule has 0 saturated heterocycles. The van der Waals surface area contributed by atoms with E-state index in [1.807, 2.05) is 0 Å². The molecular formula is C14H12O2. The van der Waals surface area contributed by atoms with Crippen molar-refractivity contribution in [3.63, 3.8) is 0 Å². The Morgan fingerprint density at radius 1 is 0.562 bits per heavy atom. The van der Waals surface area contributed by atoms with Gasteiger partial charge in [-0.2, -0.15) is 0 Å². The molecule has 0 unspecified atom stereocenters. The third-order valence-electron chi connectivity index (χ3n) is 4.31. The van der Waals surface area contributed by atoms with Crippen LogP contribution in [0.5, 0.6) is 0 Å². The zero-order valence-electron chi connectivity index (χ0n) is 9.06. The summed E-state index contributed by atoms with van der Waals surface area (Å²) in [5.41, 5.74) is 4.85. The Morgan fingerprint density at radius 2 is 0.938 bits per heavy atom. The van der Waals surface area contributed by atoms with Crippen LogP contribution in [0.3, 0.4) is 0 Å². The molecule has 0 atom stereocenters. The fraction of sp³-hybridized carbons (Fsp3) is 0.429. The third-order valence-corrected chi connectivity index (χ3v) is 4.31. The highest BCUT2D eigenvalue weighted by Crippen LogP contribution is 2.38. The maximum atomic E-state index is 11.7. The predicted octanol–water partition coefficient (Wildman–Crippen LogP) is 1.41. The maximum absolute atomic E-state index is 11.7. The van der Waals surface area contributed by atoms with E-state index in [4.69, 9.17) is 0 Å². The van der Waals surface area contributed by atoms with Gasteiger partial charge in [0.25, 0.3) is 0 Å². The number of hydrogen-bond acceptors (Lipinski definition) is 2. The van der Waals surface area contributed by atoms with E-state index in [0.29, 0.717) is 0 Å². The van der Waals surface area contributed by atoms with E-state index in [2.05, 4.69) is 0 Å². The van der Waals surface area contributed by atoms with E-state index >= 15 is 0 Å². The molecule has 0 N–H and O–H groups in total. The summed E-state index contributed by atoms with van der Waals surface area (Å²) in [6.07, 6.45) is 6.55. The number of hydrogen-bond donors (Lipinski definition) is 0. The first kappa shape index (κ1) is 8.68. The van der Waals surface area contributed by atoms with Gasteiger partial charge in [-0.15, -0.1) is 0 Å². The normalized spacial score (nSPS) is 18.2. The van der Waals surface area contributed by atoms with E-state index in [-0.39, 0.29) is 10.9 Å². The van der Waals surface area contributed by atoms with Crippen LogP contribution in [0, 0.1) is 0 Å². The van der Waals surface area contributed by atoms with Gasteiger partial charge in [0.15, 0.2) is 0 Å². The molecule has 0 radical (unpaired) electrons. The van der Waals surface area contributed by atoms with Crippen molar-refractivity contribution in [1.82, 2.24) is 0 Å². The first-order valence-corrected chi connectivity index (χ1v) is 6.07. The Bertz CT molecular complexity index is 638. The van der Waals surface area contributed by atoms with Crippen molar-refractivity contribution in [3.05, 3.63) is 42.7 Å². The second-order valence-corrected chi connectivity index (χ2v) is 5.03. The highest BCUT2D eigenvalue weighted by Gasteiger charge is 2.30. The molecule has 2 aliphatic carbocycles. The van der Waals surface area contributed by atoms with Crippen molar-refractivity contribution in [2.75, 3.05) is 0 Å². The molecule has 0 saturated carbocycles. The van der Waals surface area contributed by atoms with Crippen molar-refractivity contribution in [1.29, 1.82) is 0 Å². The predicted molar refractivity (Wildman–Crippen MR) is 62.9 cm³/mol. The number of rotatable bonds is 0. The minimum Gasteiger partial charge on any atom is -0.285 e. The van der Waals surface area contributed by atoms with Gasteiger partial charge in [-0.1, -0.05) is 0 Å². The summed E-state index contributed by atoms with van der Waals surface area (Å²) in [7, 11) is 0. The molecule has 16 heavy (non-hydrogen) atoms. The van der Waals surface area contributed by atoms with Crippen molar-refractivity contribution in [2.24, 2.45) is 0 Å². The van der Waals surface area contributed by atoms with Crippen LogP contribution in [0.15, 0.2) is 9.59 Å². The second kappa shape index (κ2) is 2.62. The fourth-order valence-electron chi connectivity index (χ4n) is 3.67.